The number of benzene rings is 1. The first-order valence-electron chi connectivity index (χ1n) is 8.55. The molecule has 0 unspecified atom stereocenters. The molecule has 0 saturated carbocycles. The zero-order chi connectivity index (χ0) is 19.7. The number of nitrogens with one attached hydrogen (secondary N) is 1. The highest BCUT2D eigenvalue weighted by molar-refractivity contribution is 7.19. The van der Waals surface area contributed by atoms with E-state index in [2.05, 4.69) is 15.3 Å². The molecular formula is C19H15Cl3N4OS. The fourth-order valence-electron chi connectivity index (χ4n) is 3.17. The van der Waals surface area contributed by atoms with Gasteiger partial charge in [0.1, 0.15) is 17.0 Å². The molecule has 0 saturated heterocycles. The second-order valence-corrected chi connectivity index (χ2v) is 8.43. The molecule has 1 aliphatic heterocycles. The van der Waals surface area contributed by atoms with E-state index in [0.717, 1.165) is 33.0 Å². The quantitative estimate of drug-likeness (QED) is 0.423. The Morgan fingerprint density at radius 3 is 2.93 bits per heavy atom. The number of alkyl halides is 1. The van der Waals surface area contributed by atoms with Crippen LogP contribution in [-0.4, -0.2) is 33.2 Å². The highest BCUT2D eigenvalue weighted by Gasteiger charge is 2.25. The number of nitrogens with zero attached hydrogens (tertiary/aromatic N) is 3. The number of thiophene rings is 1. The van der Waals surface area contributed by atoms with E-state index in [4.69, 9.17) is 34.8 Å². The van der Waals surface area contributed by atoms with Gasteiger partial charge in [-0.1, -0.05) is 29.3 Å². The van der Waals surface area contributed by atoms with Crippen molar-refractivity contribution in [3.8, 4) is 0 Å². The van der Waals surface area contributed by atoms with Gasteiger partial charge in [0.05, 0.1) is 22.0 Å². The molecule has 0 bridgehead atoms. The second-order valence-electron chi connectivity index (χ2n) is 6.23. The minimum atomic E-state index is -0.0241. The molecule has 28 heavy (non-hydrogen) atoms. The van der Waals surface area contributed by atoms with Crippen molar-refractivity contribution in [1.82, 2.24) is 14.9 Å². The summed E-state index contributed by atoms with van der Waals surface area (Å²) in [5.74, 6) is 1.03. The van der Waals surface area contributed by atoms with Crippen LogP contribution in [0.3, 0.4) is 0 Å². The van der Waals surface area contributed by atoms with Gasteiger partial charge in [-0.15, -0.1) is 22.9 Å². The Labute approximate surface area is 180 Å². The van der Waals surface area contributed by atoms with E-state index in [1.807, 2.05) is 11.0 Å². The van der Waals surface area contributed by atoms with E-state index in [1.54, 1.807) is 29.5 Å². The number of aromatic nitrogens is 2. The average Bonchev–Trinajstić information content (AvgIpc) is 3.07. The summed E-state index contributed by atoms with van der Waals surface area (Å²) >= 11 is 19.3. The molecule has 3 aromatic rings. The molecule has 4 rings (SSSR count). The molecule has 9 heteroatoms. The summed E-state index contributed by atoms with van der Waals surface area (Å²) in [6, 6.07) is 5.36. The van der Waals surface area contributed by atoms with Gasteiger partial charge in [0, 0.05) is 29.1 Å². The van der Waals surface area contributed by atoms with Crippen molar-refractivity contribution in [3.05, 3.63) is 57.2 Å². The standard InChI is InChI=1S/C19H15Cl3N4OS/c20-6-1-2-16(27)26-7-5-12-15(9-26)28-19-17(12)18(23-10-24-19)25-11-3-4-13(21)14(22)8-11/h1-4,8,10H,5-7,9H2,(H,23,24,25)/b2-1+. The van der Waals surface area contributed by atoms with Crippen LogP contribution in [0.5, 0.6) is 0 Å². The third kappa shape index (κ3) is 3.82. The summed E-state index contributed by atoms with van der Waals surface area (Å²) < 4.78 is 0. The van der Waals surface area contributed by atoms with Crippen molar-refractivity contribution < 1.29 is 4.79 Å². The summed E-state index contributed by atoms with van der Waals surface area (Å²) in [6.07, 6.45) is 5.48. The Morgan fingerprint density at radius 1 is 1.29 bits per heavy atom. The van der Waals surface area contributed by atoms with E-state index >= 15 is 0 Å². The average molecular weight is 454 g/mol. The van der Waals surface area contributed by atoms with Crippen LogP contribution in [-0.2, 0) is 17.8 Å². The number of halogens is 3. The van der Waals surface area contributed by atoms with Crippen LogP contribution < -0.4 is 5.32 Å². The smallest absolute Gasteiger partial charge is 0.246 e. The van der Waals surface area contributed by atoms with Crippen LogP contribution in [0.2, 0.25) is 10.0 Å². The SMILES string of the molecule is O=C(/C=C/CCl)N1CCc2c(sc3ncnc(Nc4ccc(Cl)c(Cl)c4)c23)C1. The third-order valence-corrected chi connectivity index (χ3v) is 6.52. The van der Waals surface area contributed by atoms with Crippen LogP contribution in [0.25, 0.3) is 10.2 Å². The molecule has 1 amide bonds. The number of allylic oxidation sites excluding steroid dienone is 1. The molecule has 0 aliphatic carbocycles. The summed E-state index contributed by atoms with van der Waals surface area (Å²) in [6.45, 7) is 1.21. The Bertz CT molecular complexity index is 1080. The topological polar surface area (TPSA) is 58.1 Å². The molecule has 2 aromatic heterocycles. The summed E-state index contributed by atoms with van der Waals surface area (Å²) in [5, 5.41) is 5.29. The lowest BCUT2D eigenvalue weighted by atomic mass is 10.0. The number of hydrogen-bond acceptors (Lipinski definition) is 5. The Balaban J connectivity index is 1.66. The molecule has 1 aromatic carbocycles. The maximum Gasteiger partial charge on any atom is 0.246 e. The number of hydrogen-bond donors (Lipinski definition) is 1. The number of fused-ring (bicyclic) bond motifs is 3. The van der Waals surface area contributed by atoms with Gasteiger partial charge >= 0.3 is 0 Å². The maximum absolute atomic E-state index is 12.3. The van der Waals surface area contributed by atoms with Gasteiger partial charge < -0.3 is 10.2 Å². The van der Waals surface area contributed by atoms with E-state index < -0.39 is 0 Å². The third-order valence-electron chi connectivity index (χ3n) is 4.48. The van der Waals surface area contributed by atoms with Crippen LogP contribution in [0.15, 0.2) is 36.7 Å². The monoisotopic (exact) mass is 452 g/mol. The molecule has 1 aliphatic rings. The number of carbonyl (C=O) groups excluding carboxylic acids is 1. The molecule has 3 heterocycles. The van der Waals surface area contributed by atoms with Crippen LogP contribution in [0.4, 0.5) is 11.5 Å². The minimum absolute atomic E-state index is 0.0241. The Hall–Kier alpha value is -1.86. The highest BCUT2D eigenvalue weighted by atomic mass is 35.5. The van der Waals surface area contributed by atoms with Crippen LogP contribution >= 0.6 is 46.1 Å². The zero-order valence-corrected chi connectivity index (χ0v) is 17.7. The lowest BCUT2D eigenvalue weighted by molar-refractivity contribution is -0.126. The predicted molar refractivity (Wildman–Crippen MR) is 116 cm³/mol. The van der Waals surface area contributed by atoms with E-state index in [1.165, 1.54) is 18.0 Å². The molecule has 0 spiro atoms. The van der Waals surface area contributed by atoms with E-state index in [0.29, 0.717) is 29.0 Å². The predicted octanol–water partition coefficient (Wildman–Crippen LogP) is 5.42. The first-order valence-corrected chi connectivity index (χ1v) is 10.7. The van der Waals surface area contributed by atoms with Gasteiger partial charge in [-0.3, -0.25) is 4.79 Å². The first kappa shape index (κ1) is 19.5. The number of anilines is 2. The van der Waals surface area contributed by atoms with Crippen molar-refractivity contribution in [1.29, 1.82) is 0 Å². The van der Waals surface area contributed by atoms with E-state index in [9.17, 15) is 4.79 Å². The first-order chi connectivity index (χ1) is 13.6. The normalized spacial score (nSPS) is 13.9. The molecule has 0 radical (unpaired) electrons. The van der Waals surface area contributed by atoms with Gasteiger partial charge in [0.25, 0.3) is 0 Å². The fourth-order valence-corrected chi connectivity index (χ4v) is 4.76. The molecule has 144 valence electrons. The van der Waals surface area contributed by atoms with Gasteiger partial charge in [0.2, 0.25) is 5.91 Å². The molecule has 0 atom stereocenters. The maximum atomic E-state index is 12.3. The zero-order valence-electron chi connectivity index (χ0n) is 14.6. The fraction of sp³-hybridized carbons (Fsp3) is 0.211. The Morgan fingerprint density at radius 2 is 2.14 bits per heavy atom. The van der Waals surface area contributed by atoms with Crippen LogP contribution in [0, 0.1) is 0 Å². The lowest BCUT2D eigenvalue weighted by Gasteiger charge is -2.26. The van der Waals surface area contributed by atoms with Crippen molar-refractivity contribution in [2.45, 2.75) is 13.0 Å². The molecule has 5 nitrogen and oxygen atoms in total. The van der Waals surface area contributed by atoms with Gasteiger partial charge in [-0.25, -0.2) is 9.97 Å². The van der Waals surface area contributed by atoms with Gasteiger partial charge in [-0.2, -0.15) is 0 Å². The number of amides is 1. The van der Waals surface area contributed by atoms with Crippen molar-refractivity contribution >= 4 is 73.8 Å². The minimum Gasteiger partial charge on any atom is -0.340 e. The van der Waals surface area contributed by atoms with Crippen molar-refractivity contribution in [2.75, 3.05) is 17.7 Å². The number of rotatable bonds is 4. The molecule has 0 fully saturated rings. The second kappa shape index (κ2) is 8.25. The van der Waals surface area contributed by atoms with Crippen molar-refractivity contribution in [2.24, 2.45) is 0 Å². The van der Waals surface area contributed by atoms with E-state index in [-0.39, 0.29) is 5.91 Å². The summed E-state index contributed by atoms with van der Waals surface area (Å²) in [4.78, 5) is 25.0. The van der Waals surface area contributed by atoms with Crippen molar-refractivity contribution in [3.63, 3.8) is 0 Å². The lowest BCUT2D eigenvalue weighted by Crippen LogP contribution is -2.34. The summed E-state index contributed by atoms with van der Waals surface area (Å²) in [7, 11) is 0. The largest absolute Gasteiger partial charge is 0.340 e. The Kier molecular flexibility index (Phi) is 5.73. The molecule has 1 N–H and O–H groups in total. The summed E-state index contributed by atoms with van der Waals surface area (Å²) in [5.41, 5.74) is 1.99. The number of carbonyl (C=O) groups is 1. The highest BCUT2D eigenvalue weighted by Crippen LogP contribution is 2.38. The van der Waals surface area contributed by atoms with Crippen LogP contribution in [0.1, 0.15) is 10.4 Å². The van der Waals surface area contributed by atoms with Gasteiger partial charge in [0.15, 0.2) is 0 Å². The molecular weight excluding hydrogens is 439 g/mol. The van der Waals surface area contributed by atoms with Gasteiger partial charge in [-0.05, 0) is 30.2 Å².